The van der Waals surface area contributed by atoms with E-state index in [-0.39, 0.29) is 31.0 Å². The van der Waals surface area contributed by atoms with Crippen LogP contribution >= 0.6 is 0 Å². The fourth-order valence-electron chi connectivity index (χ4n) is 1.25. The molecule has 0 aliphatic rings. The third kappa shape index (κ3) is 3.89. The average Bonchev–Trinajstić information content (AvgIpc) is 2.64. The van der Waals surface area contributed by atoms with Gasteiger partial charge in [-0.15, -0.1) is 0 Å². The molecule has 0 saturated carbocycles. The molecular weight excluding hydrogens is 240 g/mol. The van der Waals surface area contributed by atoms with Gasteiger partial charge in [0, 0.05) is 12.8 Å². The number of nitrogens with two attached hydrogens (primary N) is 2. The van der Waals surface area contributed by atoms with Crippen LogP contribution in [0.1, 0.15) is 28.6 Å². The molecule has 0 radical (unpaired) electrons. The first kappa shape index (κ1) is 13.7. The van der Waals surface area contributed by atoms with Gasteiger partial charge in [0.1, 0.15) is 5.76 Å². The number of carbonyl (C=O) groups excluding carboxylic acids is 3. The lowest BCUT2D eigenvalue weighted by Gasteiger charge is -1.98. The Hall–Kier alpha value is -2.38. The topological polar surface area (TPSA) is 141 Å². The zero-order valence-corrected chi connectivity index (χ0v) is 9.86. The van der Waals surface area contributed by atoms with Crippen LogP contribution in [0.25, 0.3) is 0 Å². The van der Waals surface area contributed by atoms with Crippen molar-refractivity contribution >= 4 is 17.7 Å². The minimum atomic E-state index is -0.654. The first-order chi connectivity index (χ1) is 8.40. The summed E-state index contributed by atoms with van der Waals surface area (Å²) >= 11 is 0. The molecule has 0 fully saturated rings. The third-order valence-electron chi connectivity index (χ3n) is 2.06. The van der Waals surface area contributed by atoms with Gasteiger partial charge in [-0.3, -0.25) is 14.4 Å². The minimum Gasteiger partial charge on any atom is -0.445 e. The predicted octanol–water partition coefficient (Wildman–Crippen LogP) is -1.38. The molecule has 3 amide bonds. The molecule has 0 aliphatic carbocycles. The molecule has 0 aromatic carbocycles. The molecule has 0 aliphatic heterocycles. The van der Waals surface area contributed by atoms with E-state index < -0.39 is 17.7 Å². The van der Waals surface area contributed by atoms with E-state index in [2.05, 4.69) is 10.3 Å². The molecule has 1 aromatic rings. The summed E-state index contributed by atoms with van der Waals surface area (Å²) in [7, 11) is 0. The fourth-order valence-corrected chi connectivity index (χ4v) is 1.25. The van der Waals surface area contributed by atoms with Crippen molar-refractivity contribution in [2.45, 2.75) is 19.8 Å². The second-order valence-electron chi connectivity index (χ2n) is 3.63. The van der Waals surface area contributed by atoms with Crippen LogP contribution in [0.4, 0.5) is 0 Å². The van der Waals surface area contributed by atoms with Crippen molar-refractivity contribution in [2.24, 2.45) is 11.5 Å². The lowest BCUT2D eigenvalue weighted by Crippen LogP contribution is -2.33. The van der Waals surface area contributed by atoms with E-state index in [0.717, 1.165) is 0 Å². The highest BCUT2D eigenvalue weighted by Gasteiger charge is 2.17. The smallest absolute Gasteiger partial charge is 0.273 e. The Morgan fingerprint density at radius 1 is 1.28 bits per heavy atom. The molecule has 1 rings (SSSR count). The number of hydrogen-bond donors (Lipinski definition) is 3. The van der Waals surface area contributed by atoms with Crippen LogP contribution in [0.2, 0.25) is 0 Å². The van der Waals surface area contributed by atoms with E-state index in [1.165, 1.54) is 0 Å². The van der Waals surface area contributed by atoms with Crippen molar-refractivity contribution < 1.29 is 18.8 Å². The van der Waals surface area contributed by atoms with Gasteiger partial charge in [-0.25, -0.2) is 4.98 Å². The van der Waals surface area contributed by atoms with E-state index in [4.69, 9.17) is 15.9 Å². The molecule has 8 nitrogen and oxygen atoms in total. The Labute approximate surface area is 103 Å². The molecular formula is C10H14N4O4. The summed E-state index contributed by atoms with van der Waals surface area (Å²) in [6.07, 6.45) is 0.307. The van der Waals surface area contributed by atoms with E-state index in [9.17, 15) is 14.4 Å². The van der Waals surface area contributed by atoms with Gasteiger partial charge in [-0.05, 0) is 6.92 Å². The molecule has 0 saturated heterocycles. The monoisotopic (exact) mass is 254 g/mol. The number of nitrogens with zero attached hydrogens (tertiary/aromatic N) is 1. The standard InChI is InChI=1S/C10H14N4O4/c1-5-9(10(17)13-4-7(12)16)14-8(18-5)3-2-6(11)15/h2-4H2,1H3,(H2,11,15)(H2,12,16)(H,13,17). The number of oxazole rings is 1. The molecule has 0 bridgehead atoms. The molecule has 18 heavy (non-hydrogen) atoms. The van der Waals surface area contributed by atoms with Crippen molar-refractivity contribution in [3.8, 4) is 0 Å². The van der Waals surface area contributed by atoms with Crippen LogP contribution in [0.3, 0.4) is 0 Å². The van der Waals surface area contributed by atoms with Crippen molar-refractivity contribution in [1.29, 1.82) is 0 Å². The Balaban J connectivity index is 2.68. The molecule has 1 heterocycles. The molecule has 5 N–H and O–H groups in total. The second-order valence-corrected chi connectivity index (χ2v) is 3.63. The lowest BCUT2D eigenvalue weighted by molar-refractivity contribution is -0.118. The summed E-state index contributed by atoms with van der Waals surface area (Å²) in [5.41, 5.74) is 9.95. The second kappa shape index (κ2) is 5.80. The molecule has 0 spiro atoms. The van der Waals surface area contributed by atoms with Crippen molar-refractivity contribution in [1.82, 2.24) is 10.3 Å². The van der Waals surface area contributed by atoms with Crippen LogP contribution in [-0.4, -0.2) is 29.3 Å². The Kier molecular flexibility index (Phi) is 4.41. The molecule has 0 unspecified atom stereocenters. The summed E-state index contributed by atoms with van der Waals surface area (Å²) in [6, 6.07) is 0. The number of amides is 3. The van der Waals surface area contributed by atoms with Gasteiger partial charge in [0.25, 0.3) is 5.91 Å². The molecule has 1 aromatic heterocycles. The van der Waals surface area contributed by atoms with Gasteiger partial charge in [0.2, 0.25) is 11.8 Å². The van der Waals surface area contributed by atoms with Crippen LogP contribution in [0, 0.1) is 6.92 Å². The SMILES string of the molecule is Cc1oc(CCC(N)=O)nc1C(=O)NCC(N)=O. The van der Waals surface area contributed by atoms with Gasteiger partial charge >= 0.3 is 0 Å². The van der Waals surface area contributed by atoms with E-state index in [1.807, 2.05) is 0 Å². The Bertz CT molecular complexity index is 480. The van der Waals surface area contributed by atoms with Gasteiger partial charge in [0.15, 0.2) is 11.6 Å². The van der Waals surface area contributed by atoms with Gasteiger partial charge in [-0.1, -0.05) is 0 Å². The third-order valence-corrected chi connectivity index (χ3v) is 2.06. The zero-order valence-electron chi connectivity index (χ0n) is 9.86. The predicted molar refractivity (Wildman–Crippen MR) is 60.3 cm³/mol. The first-order valence-corrected chi connectivity index (χ1v) is 5.21. The maximum atomic E-state index is 11.6. The summed E-state index contributed by atoms with van der Waals surface area (Å²) in [6.45, 7) is 1.28. The Morgan fingerprint density at radius 2 is 1.94 bits per heavy atom. The van der Waals surface area contributed by atoms with Crippen LogP contribution in [0.15, 0.2) is 4.42 Å². The average molecular weight is 254 g/mol. The highest BCUT2D eigenvalue weighted by Crippen LogP contribution is 2.11. The number of primary amides is 2. The Morgan fingerprint density at radius 3 is 2.50 bits per heavy atom. The number of aryl methyl sites for hydroxylation is 2. The number of carbonyl (C=O) groups is 3. The highest BCUT2D eigenvalue weighted by atomic mass is 16.4. The van der Waals surface area contributed by atoms with Gasteiger partial charge in [-0.2, -0.15) is 0 Å². The van der Waals surface area contributed by atoms with E-state index >= 15 is 0 Å². The van der Waals surface area contributed by atoms with Crippen molar-refractivity contribution in [3.05, 3.63) is 17.3 Å². The lowest BCUT2D eigenvalue weighted by atomic mass is 10.3. The quantitative estimate of drug-likeness (QED) is 0.573. The number of aromatic nitrogens is 1. The molecule has 98 valence electrons. The fraction of sp³-hybridized carbons (Fsp3) is 0.400. The minimum absolute atomic E-state index is 0.0655. The highest BCUT2D eigenvalue weighted by molar-refractivity contribution is 5.95. The first-order valence-electron chi connectivity index (χ1n) is 5.21. The van der Waals surface area contributed by atoms with E-state index in [0.29, 0.717) is 5.76 Å². The molecule has 0 atom stereocenters. The maximum Gasteiger partial charge on any atom is 0.273 e. The summed E-state index contributed by atoms with van der Waals surface area (Å²) < 4.78 is 5.20. The normalized spacial score (nSPS) is 10.1. The van der Waals surface area contributed by atoms with Crippen LogP contribution in [-0.2, 0) is 16.0 Å². The molecule has 8 heteroatoms. The summed E-state index contributed by atoms with van der Waals surface area (Å²) in [5.74, 6) is -1.14. The van der Waals surface area contributed by atoms with Gasteiger partial charge in [0.05, 0.1) is 6.54 Å². The number of rotatable bonds is 6. The zero-order chi connectivity index (χ0) is 13.7. The van der Waals surface area contributed by atoms with Crippen molar-refractivity contribution in [2.75, 3.05) is 6.54 Å². The van der Waals surface area contributed by atoms with Crippen LogP contribution in [0.5, 0.6) is 0 Å². The summed E-state index contributed by atoms with van der Waals surface area (Å²) in [5, 5.41) is 2.29. The van der Waals surface area contributed by atoms with Gasteiger partial charge < -0.3 is 21.2 Å². The summed E-state index contributed by atoms with van der Waals surface area (Å²) in [4.78, 5) is 36.6. The maximum absolute atomic E-state index is 11.6. The number of nitrogens with one attached hydrogen (secondary N) is 1. The largest absolute Gasteiger partial charge is 0.445 e. The van der Waals surface area contributed by atoms with E-state index in [1.54, 1.807) is 6.92 Å². The van der Waals surface area contributed by atoms with Crippen molar-refractivity contribution in [3.63, 3.8) is 0 Å². The number of hydrogen-bond acceptors (Lipinski definition) is 5. The van der Waals surface area contributed by atoms with Crippen LogP contribution < -0.4 is 16.8 Å².